The van der Waals surface area contributed by atoms with E-state index in [1.54, 1.807) is 6.08 Å². The lowest BCUT2D eigenvalue weighted by atomic mass is 10.1. The van der Waals surface area contributed by atoms with Crippen LogP contribution in [-0.2, 0) is 9.53 Å². The Morgan fingerprint density at radius 1 is 1.15 bits per heavy atom. The van der Waals surface area contributed by atoms with Crippen molar-refractivity contribution in [3.05, 3.63) is 35.9 Å². The van der Waals surface area contributed by atoms with Crippen LogP contribution < -0.4 is 4.90 Å². The standard InChI is InChI=1S/C17H23NO2/c1-2-20-17(19)12-9-15-7-10-16(11-8-15)18-13-5-3-4-6-14-18/h7-12H,2-6,13-14H2,1H3. The Hall–Kier alpha value is -1.77. The molecule has 0 saturated carbocycles. The highest BCUT2D eigenvalue weighted by Crippen LogP contribution is 2.20. The predicted octanol–water partition coefficient (Wildman–Crippen LogP) is 3.64. The number of nitrogens with zero attached hydrogens (tertiary/aromatic N) is 1. The molecule has 0 aliphatic carbocycles. The lowest BCUT2D eigenvalue weighted by Crippen LogP contribution is -2.23. The summed E-state index contributed by atoms with van der Waals surface area (Å²) in [6.45, 7) is 4.52. The van der Waals surface area contributed by atoms with Gasteiger partial charge in [-0.2, -0.15) is 0 Å². The summed E-state index contributed by atoms with van der Waals surface area (Å²) in [4.78, 5) is 13.7. The van der Waals surface area contributed by atoms with Crippen LogP contribution in [0, 0.1) is 0 Å². The van der Waals surface area contributed by atoms with E-state index in [-0.39, 0.29) is 5.97 Å². The summed E-state index contributed by atoms with van der Waals surface area (Å²) in [7, 11) is 0. The molecule has 0 spiro atoms. The van der Waals surface area contributed by atoms with Crippen molar-refractivity contribution in [1.29, 1.82) is 0 Å². The molecule has 1 fully saturated rings. The van der Waals surface area contributed by atoms with Gasteiger partial charge in [-0.25, -0.2) is 4.79 Å². The molecular formula is C17H23NO2. The van der Waals surface area contributed by atoms with E-state index in [0.717, 1.165) is 18.7 Å². The maximum absolute atomic E-state index is 11.3. The molecule has 0 radical (unpaired) electrons. The van der Waals surface area contributed by atoms with Gasteiger partial charge in [0.05, 0.1) is 6.61 Å². The van der Waals surface area contributed by atoms with Crippen molar-refractivity contribution in [2.45, 2.75) is 32.6 Å². The van der Waals surface area contributed by atoms with Crippen LogP contribution in [0.3, 0.4) is 0 Å². The zero-order valence-electron chi connectivity index (χ0n) is 12.2. The smallest absolute Gasteiger partial charge is 0.330 e. The maximum Gasteiger partial charge on any atom is 0.330 e. The number of hydrogen-bond acceptors (Lipinski definition) is 3. The highest BCUT2D eigenvalue weighted by Gasteiger charge is 2.09. The summed E-state index contributed by atoms with van der Waals surface area (Å²) >= 11 is 0. The van der Waals surface area contributed by atoms with Gasteiger partial charge in [-0.05, 0) is 43.5 Å². The van der Waals surface area contributed by atoms with E-state index in [4.69, 9.17) is 4.74 Å². The van der Waals surface area contributed by atoms with E-state index in [9.17, 15) is 4.79 Å². The number of carbonyl (C=O) groups excluding carboxylic acids is 1. The number of carbonyl (C=O) groups is 1. The molecule has 1 aromatic rings. The number of hydrogen-bond donors (Lipinski definition) is 0. The van der Waals surface area contributed by atoms with E-state index >= 15 is 0 Å². The highest BCUT2D eigenvalue weighted by molar-refractivity contribution is 5.87. The predicted molar refractivity (Wildman–Crippen MR) is 82.8 cm³/mol. The third-order valence-electron chi connectivity index (χ3n) is 3.56. The van der Waals surface area contributed by atoms with Crippen LogP contribution in [0.2, 0.25) is 0 Å². The first-order valence-electron chi connectivity index (χ1n) is 7.49. The molecule has 1 aromatic carbocycles. The number of rotatable bonds is 4. The Labute approximate surface area is 121 Å². The SMILES string of the molecule is CCOC(=O)C=Cc1ccc(N2CCCCCC2)cc1. The van der Waals surface area contributed by atoms with Crippen molar-refractivity contribution in [3.63, 3.8) is 0 Å². The number of esters is 1. The topological polar surface area (TPSA) is 29.5 Å². The molecule has 0 atom stereocenters. The van der Waals surface area contributed by atoms with Crippen molar-refractivity contribution in [1.82, 2.24) is 0 Å². The van der Waals surface area contributed by atoms with Gasteiger partial charge in [-0.15, -0.1) is 0 Å². The minimum absolute atomic E-state index is 0.288. The van der Waals surface area contributed by atoms with Gasteiger partial charge in [-0.3, -0.25) is 0 Å². The van der Waals surface area contributed by atoms with Gasteiger partial charge in [0.15, 0.2) is 0 Å². The molecule has 1 aliphatic rings. The average molecular weight is 273 g/mol. The molecular weight excluding hydrogens is 250 g/mol. The average Bonchev–Trinajstić information content (AvgIpc) is 2.75. The fourth-order valence-electron chi connectivity index (χ4n) is 2.48. The first-order valence-corrected chi connectivity index (χ1v) is 7.49. The van der Waals surface area contributed by atoms with Gasteiger partial charge in [0.25, 0.3) is 0 Å². The summed E-state index contributed by atoms with van der Waals surface area (Å²) < 4.78 is 4.86. The van der Waals surface area contributed by atoms with Crippen LogP contribution in [0.5, 0.6) is 0 Å². The Morgan fingerprint density at radius 2 is 1.80 bits per heavy atom. The second-order valence-corrected chi connectivity index (χ2v) is 5.08. The summed E-state index contributed by atoms with van der Waals surface area (Å²) in [5.74, 6) is -0.288. The molecule has 1 heterocycles. The largest absolute Gasteiger partial charge is 0.463 e. The molecule has 20 heavy (non-hydrogen) atoms. The van der Waals surface area contributed by atoms with Crippen LogP contribution in [-0.4, -0.2) is 25.7 Å². The minimum atomic E-state index is -0.288. The number of ether oxygens (including phenoxy) is 1. The highest BCUT2D eigenvalue weighted by atomic mass is 16.5. The summed E-state index contributed by atoms with van der Waals surface area (Å²) in [5.41, 5.74) is 2.30. The number of anilines is 1. The molecule has 3 heteroatoms. The first kappa shape index (κ1) is 14.6. The van der Waals surface area contributed by atoms with E-state index in [1.807, 2.05) is 6.92 Å². The molecule has 0 N–H and O–H groups in total. The fraction of sp³-hybridized carbons (Fsp3) is 0.471. The third kappa shape index (κ3) is 4.41. The second-order valence-electron chi connectivity index (χ2n) is 5.08. The summed E-state index contributed by atoms with van der Waals surface area (Å²) in [6, 6.07) is 8.37. The second kappa shape index (κ2) is 7.73. The lowest BCUT2D eigenvalue weighted by Gasteiger charge is -2.22. The Bertz CT molecular complexity index is 443. The normalized spacial score (nSPS) is 16.1. The number of benzene rings is 1. The molecule has 3 nitrogen and oxygen atoms in total. The van der Waals surface area contributed by atoms with Gasteiger partial charge >= 0.3 is 5.97 Å². The van der Waals surface area contributed by atoms with Crippen molar-refractivity contribution in [3.8, 4) is 0 Å². The summed E-state index contributed by atoms with van der Waals surface area (Å²) in [6.07, 6.45) is 8.53. The molecule has 108 valence electrons. The molecule has 0 unspecified atom stereocenters. The molecule has 0 amide bonds. The maximum atomic E-state index is 11.3. The van der Waals surface area contributed by atoms with Crippen LogP contribution in [0.1, 0.15) is 38.2 Å². The van der Waals surface area contributed by atoms with Crippen LogP contribution in [0.25, 0.3) is 6.08 Å². The van der Waals surface area contributed by atoms with Crippen molar-refractivity contribution in [2.24, 2.45) is 0 Å². The van der Waals surface area contributed by atoms with Gasteiger partial charge in [-0.1, -0.05) is 25.0 Å². The van der Waals surface area contributed by atoms with E-state index < -0.39 is 0 Å². The van der Waals surface area contributed by atoms with Crippen molar-refractivity contribution < 1.29 is 9.53 Å². The monoisotopic (exact) mass is 273 g/mol. The van der Waals surface area contributed by atoms with E-state index in [2.05, 4.69) is 29.2 Å². The molecule has 1 aliphatic heterocycles. The van der Waals surface area contributed by atoms with Crippen LogP contribution in [0.15, 0.2) is 30.3 Å². The van der Waals surface area contributed by atoms with Crippen LogP contribution >= 0.6 is 0 Å². The van der Waals surface area contributed by atoms with E-state index in [0.29, 0.717) is 6.61 Å². The third-order valence-corrected chi connectivity index (χ3v) is 3.56. The zero-order valence-corrected chi connectivity index (χ0v) is 12.2. The lowest BCUT2D eigenvalue weighted by molar-refractivity contribution is -0.137. The van der Waals surface area contributed by atoms with Gasteiger partial charge in [0.2, 0.25) is 0 Å². The summed E-state index contributed by atoms with van der Waals surface area (Å²) in [5, 5.41) is 0. The van der Waals surface area contributed by atoms with Gasteiger partial charge < -0.3 is 9.64 Å². The molecule has 2 rings (SSSR count). The first-order chi connectivity index (χ1) is 9.79. The molecule has 1 saturated heterocycles. The Morgan fingerprint density at radius 3 is 2.40 bits per heavy atom. The molecule has 0 bridgehead atoms. The molecule has 0 aromatic heterocycles. The van der Waals surface area contributed by atoms with Gasteiger partial charge in [0.1, 0.15) is 0 Å². The Balaban J connectivity index is 1.96. The van der Waals surface area contributed by atoms with Crippen molar-refractivity contribution >= 4 is 17.7 Å². The quantitative estimate of drug-likeness (QED) is 0.619. The van der Waals surface area contributed by atoms with Gasteiger partial charge in [0, 0.05) is 24.9 Å². The van der Waals surface area contributed by atoms with Crippen LogP contribution in [0.4, 0.5) is 5.69 Å². The Kier molecular flexibility index (Phi) is 5.66. The minimum Gasteiger partial charge on any atom is -0.463 e. The zero-order chi connectivity index (χ0) is 14.2. The van der Waals surface area contributed by atoms with E-state index in [1.165, 1.54) is 37.4 Å². The van der Waals surface area contributed by atoms with Crippen molar-refractivity contribution in [2.75, 3.05) is 24.6 Å². The fourth-order valence-corrected chi connectivity index (χ4v) is 2.48.